The van der Waals surface area contributed by atoms with Gasteiger partial charge in [0, 0.05) is 16.6 Å². The summed E-state index contributed by atoms with van der Waals surface area (Å²) in [6, 6.07) is 12.4. The standard InChI is InChI=1S/C17H18ClN3/c1-3-14-10-15(4-2)21(20-14)17-13(11-18)9-12-7-5-6-8-16(12)19-17/h5-10H,3-4,11H2,1-2H3. The molecule has 0 atom stereocenters. The van der Waals surface area contributed by atoms with E-state index in [0.717, 1.165) is 40.8 Å². The van der Waals surface area contributed by atoms with Crippen molar-refractivity contribution in [3.8, 4) is 5.82 Å². The Labute approximate surface area is 129 Å². The second-order valence-electron chi connectivity index (χ2n) is 5.04. The van der Waals surface area contributed by atoms with Gasteiger partial charge in [-0.2, -0.15) is 5.10 Å². The van der Waals surface area contributed by atoms with Crippen LogP contribution in [0.5, 0.6) is 0 Å². The number of aryl methyl sites for hydroxylation is 2. The van der Waals surface area contributed by atoms with Crippen LogP contribution >= 0.6 is 11.6 Å². The number of alkyl halides is 1. The average molecular weight is 300 g/mol. The number of para-hydroxylation sites is 1. The van der Waals surface area contributed by atoms with E-state index in [1.54, 1.807) is 0 Å². The summed E-state index contributed by atoms with van der Waals surface area (Å²) < 4.78 is 1.95. The quantitative estimate of drug-likeness (QED) is 0.673. The number of benzene rings is 1. The maximum Gasteiger partial charge on any atom is 0.158 e. The lowest BCUT2D eigenvalue weighted by atomic mass is 10.1. The van der Waals surface area contributed by atoms with Crippen LogP contribution in [0.2, 0.25) is 0 Å². The molecule has 0 aliphatic carbocycles. The fourth-order valence-electron chi connectivity index (χ4n) is 2.51. The van der Waals surface area contributed by atoms with Crippen LogP contribution in [0.15, 0.2) is 36.4 Å². The summed E-state index contributed by atoms with van der Waals surface area (Å²) in [4.78, 5) is 4.79. The van der Waals surface area contributed by atoms with Gasteiger partial charge in [0.25, 0.3) is 0 Å². The number of halogens is 1. The van der Waals surface area contributed by atoms with Crippen LogP contribution in [0, 0.1) is 0 Å². The van der Waals surface area contributed by atoms with Crippen LogP contribution in [0.25, 0.3) is 16.7 Å². The molecule has 0 saturated carbocycles. The molecule has 108 valence electrons. The second-order valence-corrected chi connectivity index (χ2v) is 5.31. The molecule has 21 heavy (non-hydrogen) atoms. The first kappa shape index (κ1) is 14.1. The van der Waals surface area contributed by atoms with Gasteiger partial charge in [-0.1, -0.05) is 32.0 Å². The van der Waals surface area contributed by atoms with E-state index < -0.39 is 0 Å². The zero-order valence-electron chi connectivity index (χ0n) is 12.3. The van der Waals surface area contributed by atoms with Crippen molar-refractivity contribution in [2.24, 2.45) is 0 Å². The number of nitrogens with zero attached hydrogens (tertiary/aromatic N) is 3. The largest absolute Gasteiger partial charge is 0.228 e. The lowest BCUT2D eigenvalue weighted by molar-refractivity contribution is 0.769. The van der Waals surface area contributed by atoms with Crippen molar-refractivity contribution in [3.63, 3.8) is 0 Å². The van der Waals surface area contributed by atoms with Crippen molar-refractivity contribution in [2.45, 2.75) is 32.6 Å². The van der Waals surface area contributed by atoms with E-state index in [-0.39, 0.29) is 0 Å². The van der Waals surface area contributed by atoms with Crippen LogP contribution in [-0.4, -0.2) is 14.8 Å². The van der Waals surface area contributed by atoms with E-state index >= 15 is 0 Å². The van der Waals surface area contributed by atoms with Crippen molar-refractivity contribution < 1.29 is 0 Å². The van der Waals surface area contributed by atoms with E-state index in [4.69, 9.17) is 16.6 Å². The summed E-state index contributed by atoms with van der Waals surface area (Å²) >= 11 is 6.14. The Morgan fingerprint density at radius 2 is 1.90 bits per heavy atom. The van der Waals surface area contributed by atoms with Gasteiger partial charge in [-0.15, -0.1) is 11.6 Å². The summed E-state index contributed by atoms with van der Waals surface area (Å²) in [5, 5.41) is 5.79. The molecule has 0 saturated heterocycles. The smallest absolute Gasteiger partial charge is 0.158 e. The molecule has 0 spiro atoms. The van der Waals surface area contributed by atoms with Crippen LogP contribution in [-0.2, 0) is 18.7 Å². The Morgan fingerprint density at radius 3 is 2.62 bits per heavy atom. The van der Waals surface area contributed by atoms with Gasteiger partial charge in [0.1, 0.15) is 0 Å². The molecule has 3 nitrogen and oxygen atoms in total. The average Bonchev–Trinajstić information content (AvgIpc) is 2.96. The molecule has 0 aliphatic rings. The molecular formula is C17H18ClN3. The third-order valence-electron chi connectivity index (χ3n) is 3.68. The summed E-state index contributed by atoms with van der Waals surface area (Å²) in [7, 11) is 0. The van der Waals surface area contributed by atoms with Crippen molar-refractivity contribution in [1.82, 2.24) is 14.8 Å². The molecule has 2 heterocycles. The minimum atomic E-state index is 0.428. The molecule has 0 unspecified atom stereocenters. The van der Waals surface area contributed by atoms with Crippen molar-refractivity contribution >= 4 is 22.5 Å². The molecule has 4 heteroatoms. The van der Waals surface area contributed by atoms with Crippen LogP contribution in [0.4, 0.5) is 0 Å². The SMILES string of the molecule is CCc1cc(CC)n(-c2nc3ccccc3cc2CCl)n1. The Kier molecular flexibility index (Phi) is 3.93. The third kappa shape index (κ3) is 2.54. The van der Waals surface area contributed by atoms with Gasteiger partial charge in [0.05, 0.1) is 17.1 Å². The van der Waals surface area contributed by atoms with Gasteiger partial charge in [-0.3, -0.25) is 0 Å². The van der Waals surface area contributed by atoms with Gasteiger partial charge in [0.2, 0.25) is 0 Å². The van der Waals surface area contributed by atoms with Crippen LogP contribution < -0.4 is 0 Å². The van der Waals surface area contributed by atoms with Gasteiger partial charge in [-0.25, -0.2) is 9.67 Å². The van der Waals surface area contributed by atoms with Crippen molar-refractivity contribution in [2.75, 3.05) is 0 Å². The number of fused-ring (bicyclic) bond motifs is 1. The zero-order valence-corrected chi connectivity index (χ0v) is 13.1. The monoisotopic (exact) mass is 299 g/mol. The highest BCUT2D eigenvalue weighted by Crippen LogP contribution is 2.23. The zero-order chi connectivity index (χ0) is 14.8. The molecular weight excluding hydrogens is 282 g/mol. The molecule has 3 rings (SSSR count). The molecule has 0 fully saturated rings. The Morgan fingerprint density at radius 1 is 1.10 bits per heavy atom. The number of hydrogen-bond donors (Lipinski definition) is 0. The highest BCUT2D eigenvalue weighted by Gasteiger charge is 2.13. The molecule has 0 bridgehead atoms. The predicted octanol–water partition coefficient (Wildman–Crippen LogP) is 4.28. The first-order valence-electron chi connectivity index (χ1n) is 7.29. The topological polar surface area (TPSA) is 30.7 Å². The summed E-state index contributed by atoms with van der Waals surface area (Å²) in [5.74, 6) is 1.28. The highest BCUT2D eigenvalue weighted by molar-refractivity contribution is 6.17. The van der Waals surface area contributed by atoms with Gasteiger partial charge >= 0.3 is 0 Å². The summed E-state index contributed by atoms with van der Waals surface area (Å²) in [6.07, 6.45) is 1.84. The Hall–Kier alpha value is -1.87. The first-order chi connectivity index (χ1) is 10.3. The maximum absolute atomic E-state index is 6.14. The fraction of sp³-hybridized carbons (Fsp3) is 0.294. The maximum atomic E-state index is 6.14. The molecule has 0 amide bonds. The van der Waals surface area contributed by atoms with E-state index in [0.29, 0.717) is 5.88 Å². The van der Waals surface area contributed by atoms with Crippen molar-refractivity contribution in [1.29, 1.82) is 0 Å². The third-order valence-corrected chi connectivity index (χ3v) is 3.97. The molecule has 0 N–H and O–H groups in total. The molecule has 3 aromatic rings. The second kappa shape index (κ2) is 5.86. The lowest BCUT2D eigenvalue weighted by Gasteiger charge is -2.11. The van der Waals surface area contributed by atoms with E-state index in [9.17, 15) is 0 Å². The highest BCUT2D eigenvalue weighted by atomic mass is 35.5. The van der Waals surface area contributed by atoms with Crippen molar-refractivity contribution in [3.05, 3.63) is 53.3 Å². The fourth-order valence-corrected chi connectivity index (χ4v) is 2.71. The van der Waals surface area contributed by atoms with E-state index in [1.165, 1.54) is 5.69 Å². The molecule has 0 aliphatic heterocycles. The molecule has 1 aromatic carbocycles. The Balaban J connectivity index is 2.25. The van der Waals surface area contributed by atoms with E-state index in [1.807, 2.05) is 22.9 Å². The summed E-state index contributed by atoms with van der Waals surface area (Å²) in [6.45, 7) is 4.25. The first-order valence-corrected chi connectivity index (χ1v) is 7.83. The number of hydrogen-bond acceptors (Lipinski definition) is 2. The summed E-state index contributed by atoms with van der Waals surface area (Å²) in [5.41, 5.74) is 4.23. The minimum absolute atomic E-state index is 0.428. The van der Waals surface area contributed by atoms with Gasteiger partial charge in [0.15, 0.2) is 5.82 Å². The minimum Gasteiger partial charge on any atom is -0.228 e. The van der Waals surface area contributed by atoms with Gasteiger partial charge in [-0.05, 0) is 31.0 Å². The molecule has 0 radical (unpaired) electrons. The predicted molar refractivity (Wildman–Crippen MR) is 87.2 cm³/mol. The Bertz CT molecular complexity index is 777. The number of aromatic nitrogens is 3. The van der Waals surface area contributed by atoms with E-state index in [2.05, 4.69) is 37.1 Å². The van der Waals surface area contributed by atoms with Gasteiger partial charge < -0.3 is 0 Å². The van der Waals surface area contributed by atoms with Crippen LogP contribution in [0.1, 0.15) is 30.8 Å². The normalized spacial score (nSPS) is 11.2. The number of rotatable bonds is 4. The number of pyridine rings is 1. The molecule has 2 aromatic heterocycles. The lowest BCUT2D eigenvalue weighted by Crippen LogP contribution is -2.07. The van der Waals surface area contributed by atoms with Crippen LogP contribution in [0.3, 0.4) is 0 Å².